The van der Waals surface area contributed by atoms with E-state index in [0.29, 0.717) is 0 Å². The molecule has 9 nitrogen and oxygen atoms in total. The van der Waals surface area contributed by atoms with Crippen LogP contribution in [0.3, 0.4) is 0 Å². The second-order valence-corrected chi connectivity index (χ2v) is 4.43. The predicted molar refractivity (Wildman–Crippen MR) is 62.7 cm³/mol. The topological polar surface area (TPSA) is 140 Å². The highest BCUT2D eigenvalue weighted by Gasteiger charge is 2.44. The number of aliphatic hydroxyl groups excluding tert-OH is 3. The number of halogens is 1. The Bertz CT molecular complexity index is 650. The molecule has 1 aliphatic rings. The molecule has 0 amide bonds. The summed E-state index contributed by atoms with van der Waals surface area (Å²) in [5, 5.41) is 28.7. The summed E-state index contributed by atoms with van der Waals surface area (Å²) in [6.07, 6.45) is -4.38. The van der Waals surface area contributed by atoms with Crippen molar-refractivity contribution < 1.29 is 24.4 Å². The number of nitrogens with two attached hydrogens (primary N) is 1. The maximum Gasteiger partial charge on any atom is 0.312 e. The van der Waals surface area contributed by atoms with E-state index >= 15 is 0 Å². The Morgan fingerprint density at radius 3 is 2.75 bits per heavy atom. The summed E-state index contributed by atoms with van der Waals surface area (Å²) in [7, 11) is 0. The molecule has 3 rings (SSSR count). The first kappa shape index (κ1) is 13.1. The van der Waals surface area contributed by atoms with Crippen molar-refractivity contribution in [1.29, 1.82) is 0 Å². The number of anilines is 1. The zero-order chi connectivity index (χ0) is 14.4. The van der Waals surface area contributed by atoms with Crippen molar-refractivity contribution in [1.82, 2.24) is 19.5 Å². The Hall–Kier alpha value is -1.88. The third-order valence-electron chi connectivity index (χ3n) is 3.21. The fourth-order valence-electron chi connectivity index (χ4n) is 2.21. The van der Waals surface area contributed by atoms with E-state index in [2.05, 4.69) is 15.0 Å². The number of aliphatic hydroxyl groups is 3. The van der Waals surface area contributed by atoms with Gasteiger partial charge >= 0.3 is 6.08 Å². The maximum atomic E-state index is 13.2. The second-order valence-electron chi connectivity index (χ2n) is 4.43. The van der Waals surface area contributed by atoms with Crippen LogP contribution in [0.25, 0.3) is 11.2 Å². The highest BCUT2D eigenvalue weighted by molar-refractivity contribution is 5.81. The smallest absolute Gasteiger partial charge is 0.312 e. The zero-order valence-corrected chi connectivity index (χ0v) is 10.1. The molecule has 1 unspecified atom stereocenters. The van der Waals surface area contributed by atoms with Crippen molar-refractivity contribution in [2.75, 3.05) is 12.3 Å². The van der Waals surface area contributed by atoms with E-state index in [-0.39, 0.29) is 17.0 Å². The molecule has 0 aromatic carbocycles. The van der Waals surface area contributed by atoms with Crippen molar-refractivity contribution >= 4 is 17.0 Å². The summed E-state index contributed by atoms with van der Waals surface area (Å²) in [4.78, 5) is 10.8. The number of fused-ring (bicyclic) bond motifs is 1. The van der Waals surface area contributed by atoms with Crippen LogP contribution in [-0.2, 0) is 4.74 Å². The van der Waals surface area contributed by atoms with E-state index in [9.17, 15) is 14.6 Å². The van der Waals surface area contributed by atoms with Crippen LogP contribution in [0.1, 0.15) is 6.23 Å². The molecule has 5 N–H and O–H groups in total. The van der Waals surface area contributed by atoms with Crippen LogP contribution in [0, 0.1) is 6.08 Å². The lowest BCUT2D eigenvalue weighted by atomic mass is 10.1. The average molecular weight is 285 g/mol. The first-order chi connectivity index (χ1) is 9.52. The van der Waals surface area contributed by atoms with Crippen molar-refractivity contribution in [2.45, 2.75) is 24.5 Å². The Kier molecular flexibility index (Phi) is 3.01. The van der Waals surface area contributed by atoms with Gasteiger partial charge in [-0.05, 0) is 0 Å². The minimum Gasteiger partial charge on any atom is -0.394 e. The Labute approximate surface area is 111 Å². The third kappa shape index (κ3) is 1.81. The van der Waals surface area contributed by atoms with Crippen LogP contribution in [0.2, 0.25) is 0 Å². The summed E-state index contributed by atoms with van der Waals surface area (Å²) in [6, 6.07) is 0. The van der Waals surface area contributed by atoms with Crippen LogP contribution >= 0.6 is 0 Å². The van der Waals surface area contributed by atoms with Crippen molar-refractivity contribution in [2.24, 2.45) is 0 Å². The predicted octanol–water partition coefficient (Wildman–Crippen LogP) is -1.84. The SMILES string of the molecule is Nc1nc(F)nc2c1ncn2C1O[C@@H](CO)[C@H](O)[C@H]1O. The maximum absolute atomic E-state index is 13.2. The van der Waals surface area contributed by atoms with Gasteiger partial charge in [0.15, 0.2) is 23.2 Å². The van der Waals surface area contributed by atoms with E-state index in [1.165, 1.54) is 10.9 Å². The quantitative estimate of drug-likeness (QED) is 0.472. The standard InChI is InChI=1S/C10H12FN5O4/c11-10-14-7(12)4-8(15-10)16(2-13-4)9-6(19)5(18)3(1-17)20-9/h2-3,5-6,9,17-19H,1H2,(H2,12,14,15)/t3-,5-,6+,9?/m0/s1. The summed E-state index contributed by atoms with van der Waals surface area (Å²) in [6.45, 7) is -0.465. The molecule has 0 saturated carbocycles. The van der Waals surface area contributed by atoms with E-state index in [1.807, 2.05) is 0 Å². The summed E-state index contributed by atoms with van der Waals surface area (Å²) in [5.74, 6) is -0.141. The van der Waals surface area contributed by atoms with Gasteiger partial charge in [0.2, 0.25) is 0 Å². The largest absolute Gasteiger partial charge is 0.394 e. The second kappa shape index (κ2) is 4.59. The van der Waals surface area contributed by atoms with Gasteiger partial charge in [0.1, 0.15) is 18.3 Å². The van der Waals surface area contributed by atoms with Gasteiger partial charge < -0.3 is 25.8 Å². The molecule has 10 heteroatoms. The Morgan fingerprint density at radius 2 is 2.10 bits per heavy atom. The number of aromatic nitrogens is 4. The van der Waals surface area contributed by atoms with Gasteiger partial charge in [-0.2, -0.15) is 14.4 Å². The van der Waals surface area contributed by atoms with Gasteiger partial charge in [-0.15, -0.1) is 0 Å². The number of nitrogen functional groups attached to an aromatic ring is 1. The zero-order valence-electron chi connectivity index (χ0n) is 10.1. The molecule has 1 aliphatic heterocycles. The lowest BCUT2D eigenvalue weighted by Crippen LogP contribution is -2.33. The fraction of sp³-hybridized carbons (Fsp3) is 0.500. The molecule has 0 aliphatic carbocycles. The minimum absolute atomic E-state index is 0.0323. The van der Waals surface area contributed by atoms with Crippen molar-refractivity contribution in [3.63, 3.8) is 0 Å². The molecule has 20 heavy (non-hydrogen) atoms. The highest BCUT2D eigenvalue weighted by atomic mass is 19.1. The van der Waals surface area contributed by atoms with Gasteiger partial charge in [0.25, 0.3) is 0 Å². The van der Waals surface area contributed by atoms with E-state index < -0.39 is 37.2 Å². The number of hydrogen-bond donors (Lipinski definition) is 4. The van der Waals surface area contributed by atoms with E-state index in [1.54, 1.807) is 0 Å². The molecule has 0 spiro atoms. The summed E-state index contributed by atoms with van der Waals surface area (Å²) >= 11 is 0. The first-order valence-electron chi connectivity index (χ1n) is 5.81. The molecule has 1 fully saturated rings. The number of ether oxygens (including phenoxy) is 1. The van der Waals surface area contributed by atoms with E-state index in [4.69, 9.17) is 15.6 Å². The highest BCUT2D eigenvalue weighted by Crippen LogP contribution is 2.31. The van der Waals surface area contributed by atoms with Crippen LogP contribution in [0.5, 0.6) is 0 Å². The molecule has 108 valence electrons. The molecule has 0 bridgehead atoms. The lowest BCUT2D eigenvalue weighted by molar-refractivity contribution is -0.0511. The monoisotopic (exact) mass is 285 g/mol. The van der Waals surface area contributed by atoms with Gasteiger partial charge in [0.05, 0.1) is 12.9 Å². The van der Waals surface area contributed by atoms with Crippen LogP contribution in [0.4, 0.5) is 10.2 Å². The summed E-state index contributed by atoms with van der Waals surface area (Å²) in [5.41, 5.74) is 5.71. The molecule has 0 radical (unpaired) electrons. The van der Waals surface area contributed by atoms with Crippen LogP contribution in [-0.4, -0.2) is 59.8 Å². The molecule has 4 atom stereocenters. The molecule has 1 saturated heterocycles. The van der Waals surface area contributed by atoms with Crippen molar-refractivity contribution in [3.05, 3.63) is 12.4 Å². The Balaban J connectivity index is 2.07. The Morgan fingerprint density at radius 1 is 1.35 bits per heavy atom. The molecule has 2 aromatic heterocycles. The summed E-state index contributed by atoms with van der Waals surface area (Å²) < 4.78 is 19.8. The average Bonchev–Trinajstić information content (AvgIpc) is 2.93. The van der Waals surface area contributed by atoms with E-state index in [0.717, 1.165) is 0 Å². The van der Waals surface area contributed by atoms with Crippen LogP contribution < -0.4 is 5.73 Å². The van der Waals surface area contributed by atoms with Gasteiger partial charge in [0, 0.05) is 0 Å². The normalized spacial score (nSPS) is 30.2. The molecule has 3 heterocycles. The minimum atomic E-state index is -1.32. The van der Waals surface area contributed by atoms with Crippen molar-refractivity contribution in [3.8, 4) is 0 Å². The molecule has 2 aromatic rings. The number of imidazole rings is 1. The number of rotatable bonds is 2. The van der Waals surface area contributed by atoms with Gasteiger partial charge in [-0.25, -0.2) is 4.98 Å². The number of nitrogens with zero attached hydrogens (tertiary/aromatic N) is 4. The molecular weight excluding hydrogens is 273 g/mol. The molecular formula is C10H12FN5O4. The fourth-order valence-corrected chi connectivity index (χ4v) is 2.21. The van der Waals surface area contributed by atoms with Gasteiger partial charge in [-0.1, -0.05) is 0 Å². The third-order valence-corrected chi connectivity index (χ3v) is 3.21. The van der Waals surface area contributed by atoms with Crippen LogP contribution in [0.15, 0.2) is 6.33 Å². The lowest BCUT2D eigenvalue weighted by Gasteiger charge is -2.16. The van der Waals surface area contributed by atoms with Gasteiger partial charge in [-0.3, -0.25) is 4.57 Å². The number of hydrogen-bond acceptors (Lipinski definition) is 8. The first-order valence-corrected chi connectivity index (χ1v) is 5.81.